The van der Waals surface area contributed by atoms with Gasteiger partial charge in [0.2, 0.25) is 0 Å². The second kappa shape index (κ2) is 12.4. The van der Waals surface area contributed by atoms with Crippen molar-refractivity contribution in [3.63, 3.8) is 0 Å². The third-order valence-electron chi connectivity index (χ3n) is 10.1. The van der Waals surface area contributed by atoms with Gasteiger partial charge in [0.15, 0.2) is 17.5 Å². The van der Waals surface area contributed by atoms with E-state index in [2.05, 4.69) is 146 Å². The average molecular weight is 662 g/mol. The highest BCUT2D eigenvalue weighted by Crippen LogP contribution is 2.40. The van der Waals surface area contributed by atoms with Crippen LogP contribution in [0.2, 0.25) is 0 Å². The van der Waals surface area contributed by atoms with Crippen LogP contribution in [0.3, 0.4) is 0 Å². The van der Waals surface area contributed by atoms with E-state index in [-0.39, 0.29) is 0 Å². The molecule has 0 amide bonds. The molecule has 0 spiro atoms. The van der Waals surface area contributed by atoms with Crippen molar-refractivity contribution in [1.29, 1.82) is 0 Å². The fourth-order valence-corrected chi connectivity index (χ4v) is 7.56. The Balaban J connectivity index is 1.13. The van der Waals surface area contributed by atoms with Crippen LogP contribution in [0.15, 0.2) is 188 Å². The molecule has 0 saturated carbocycles. The highest BCUT2D eigenvalue weighted by Gasteiger charge is 2.17. The fourth-order valence-electron chi connectivity index (χ4n) is 7.56. The number of nitrogens with zero attached hydrogens (tertiary/aromatic N) is 3. The van der Waals surface area contributed by atoms with Crippen molar-refractivity contribution in [2.24, 2.45) is 0 Å². The van der Waals surface area contributed by atoms with Crippen molar-refractivity contribution in [3.8, 4) is 56.4 Å². The molecule has 10 aromatic rings. The van der Waals surface area contributed by atoms with Crippen molar-refractivity contribution >= 4 is 43.1 Å². The zero-order valence-corrected chi connectivity index (χ0v) is 28.2. The summed E-state index contributed by atoms with van der Waals surface area (Å²) in [6, 6.07) is 66.5. The molecule has 0 aliphatic carbocycles. The SMILES string of the molecule is c1ccc(-c2nc(-c3ccc4cc(-c5c6ccccc6cc6c5ccc5ccccc56)ccc4c3)nc(-c3ccccc3-c3ccccc3)n2)cc1. The molecule has 0 radical (unpaired) electrons. The molecule has 0 aliphatic rings. The Hall–Kier alpha value is -6.97. The van der Waals surface area contributed by atoms with Crippen LogP contribution < -0.4 is 0 Å². The molecule has 0 N–H and O–H groups in total. The minimum Gasteiger partial charge on any atom is -0.208 e. The Morgan fingerprint density at radius 3 is 1.56 bits per heavy atom. The predicted molar refractivity (Wildman–Crippen MR) is 217 cm³/mol. The first-order chi connectivity index (χ1) is 25.8. The summed E-state index contributed by atoms with van der Waals surface area (Å²) in [5.41, 5.74) is 7.52. The van der Waals surface area contributed by atoms with E-state index >= 15 is 0 Å². The van der Waals surface area contributed by atoms with Crippen molar-refractivity contribution < 1.29 is 0 Å². The summed E-state index contributed by atoms with van der Waals surface area (Å²) in [5, 5.41) is 9.84. The maximum absolute atomic E-state index is 5.13. The molecule has 0 unspecified atom stereocenters. The maximum atomic E-state index is 5.13. The van der Waals surface area contributed by atoms with Crippen LogP contribution in [0.5, 0.6) is 0 Å². The van der Waals surface area contributed by atoms with E-state index in [1.807, 2.05) is 42.5 Å². The first-order valence-electron chi connectivity index (χ1n) is 17.6. The van der Waals surface area contributed by atoms with Gasteiger partial charge in [0, 0.05) is 16.7 Å². The molecular formula is C49H31N3. The molecule has 3 nitrogen and oxygen atoms in total. The fraction of sp³-hybridized carbons (Fsp3) is 0. The van der Waals surface area contributed by atoms with Crippen LogP contribution >= 0.6 is 0 Å². The lowest BCUT2D eigenvalue weighted by atomic mass is 9.89. The van der Waals surface area contributed by atoms with Gasteiger partial charge in [-0.1, -0.05) is 170 Å². The molecule has 0 atom stereocenters. The molecular weight excluding hydrogens is 631 g/mol. The summed E-state index contributed by atoms with van der Waals surface area (Å²) >= 11 is 0. The monoisotopic (exact) mass is 661 g/mol. The van der Waals surface area contributed by atoms with Crippen LogP contribution in [-0.4, -0.2) is 15.0 Å². The summed E-state index contributed by atoms with van der Waals surface area (Å²) in [7, 11) is 0. The van der Waals surface area contributed by atoms with Crippen LogP contribution in [-0.2, 0) is 0 Å². The summed E-state index contributed by atoms with van der Waals surface area (Å²) in [6.45, 7) is 0. The second-order valence-electron chi connectivity index (χ2n) is 13.2. The summed E-state index contributed by atoms with van der Waals surface area (Å²) in [4.78, 5) is 15.2. The third kappa shape index (κ3) is 5.19. The lowest BCUT2D eigenvalue weighted by Crippen LogP contribution is -2.01. The zero-order valence-electron chi connectivity index (χ0n) is 28.2. The number of hydrogen-bond acceptors (Lipinski definition) is 3. The predicted octanol–water partition coefficient (Wildman–Crippen LogP) is 12.8. The van der Waals surface area contributed by atoms with Gasteiger partial charge in [-0.3, -0.25) is 0 Å². The van der Waals surface area contributed by atoms with Gasteiger partial charge in [0.25, 0.3) is 0 Å². The van der Waals surface area contributed by atoms with Gasteiger partial charge in [-0.25, -0.2) is 15.0 Å². The Morgan fingerprint density at radius 1 is 0.250 bits per heavy atom. The molecule has 52 heavy (non-hydrogen) atoms. The van der Waals surface area contributed by atoms with Crippen molar-refractivity contribution in [2.75, 3.05) is 0 Å². The molecule has 0 bridgehead atoms. The van der Waals surface area contributed by atoms with E-state index in [1.54, 1.807) is 0 Å². The van der Waals surface area contributed by atoms with Gasteiger partial charge in [0.05, 0.1) is 0 Å². The number of hydrogen-bond donors (Lipinski definition) is 0. The minimum atomic E-state index is 0.643. The summed E-state index contributed by atoms with van der Waals surface area (Å²) in [5.74, 6) is 1.94. The van der Waals surface area contributed by atoms with Crippen molar-refractivity contribution in [2.45, 2.75) is 0 Å². The number of aromatic nitrogens is 3. The molecule has 0 aliphatic heterocycles. The molecule has 0 saturated heterocycles. The van der Waals surface area contributed by atoms with Gasteiger partial charge in [-0.05, 0) is 83.5 Å². The van der Waals surface area contributed by atoms with E-state index < -0.39 is 0 Å². The first kappa shape index (κ1) is 29.9. The number of benzene rings is 9. The Kier molecular flexibility index (Phi) is 7.14. The van der Waals surface area contributed by atoms with E-state index in [1.165, 1.54) is 43.4 Å². The Bertz CT molecular complexity index is 2950. The topological polar surface area (TPSA) is 38.7 Å². The van der Waals surface area contributed by atoms with Gasteiger partial charge < -0.3 is 0 Å². The largest absolute Gasteiger partial charge is 0.208 e. The lowest BCUT2D eigenvalue weighted by Gasteiger charge is -2.15. The molecule has 242 valence electrons. The average Bonchev–Trinajstić information content (AvgIpc) is 3.23. The molecule has 10 rings (SSSR count). The second-order valence-corrected chi connectivity index (χ2v) is 13.2. The Labute approximate surface area is 301 Å². The number of fused-ring (bicyclic) bond motifs is 5. The standard InChI is InChI=1S/C49H31N3/c1-3-13-32(14-4-1)40-19-11-12-22-44(40)49-51-47(34-16-5-2-6-17-34)50-48(52-49)39-26-24-35-29-38(25-23-36(35)30-39)46-42-21-10-8-18-37(42)31-45-41-20-9-7-15-33(41)27-28-43(45)46/h1-31H. The molecule has 0 fully saturated rings. The summed E-state index contributed by atoms with van der Waals surface area (Å²) < 4.78 is 0. The molecule has 1 heterocycles. The molecule has 1 aromatic heterocycles. The van der Waals surface area contributed by atoms with E-state index in [4.69, 9.17) is 15.0 Å². The van der Waals surface area contributed by atoms with Gasteiger partial charge in [-0.2, -0.15) is 0 Å². The maximum Gasteiger partial charge on any atom is 0.164 e. The lowest BCUT2D eigenvalue weighted by molar-refractivity contribution is 1.07. The quantitative estimate of drug-likeness (QED) is 0.136. The van der Waals surface area contributed by atoms with Crippen LogP contribution in [0, 0.1) is 0 Å². The van der Waals surface area contributed by atoms with Crippen LogP contribution in [0.25, 0.3) is 99.5 Å². The third-order valence-corrected chi connectivity index (χ3v) is 10.1. The highest BCUT2D eigenvalue weighted by atomic mass is 15.0. The zero-order chi connectivity index (χ0) is 34.4. The first-order valence-corrected chi connectivity index (χ1v) is 17.6. The van der Waals surface area contributed by atoms with Gasteiger partial charge in [0.1, 0.15) is 0 Å². The van der Waals surface area contributed by atoms with Crippen LogP contribution in [0.1, 0.15) is 0 Å². The normalized spacial score (nSPS) is 11.5. The van der Waals surface area contributed by atoms with Crippen molar-refractivity contribution in [1.82, 2.24) is 15.0 Å². The Morgan fingerprint density at radius 2 is 0.788 bits per heavy atom. The molecule has 3 heteroatoms. The summed E-state index contributed by atoms with van der Waals surface area (Å²) in [6.07, 6.45) is 0. The molecule has 9 aromatic carbocycles. The van der Waals surface area contributed by atoms with E-state index in [0.717, 1.165) is 38.6 Å². The van der Waals surface area contributed by atoms with Gasteiger partial charge >= 0.3 is 0 Å². The minimum absolute atomic E-state index is 0.643. The number of rotatable bonds is 5. The van der Waals surface area contributed by atoms with Crippen LogP contribution in [0.4, 0.5) is 0 Å². The van der Waals surface area contributed by atoms with Gasteiger partial charge in [-0.15, -0.1) is 0 Å². The van der Waals surface area contributed by atoms with Crippen molar-refractivity contribution in [3.05, 3.63) is 188 Å². The van der Waals surface area contributed by atoms with E-state index in [9.17, 15) is 0 Å². The smallest absolute Gasteiger partial charge is 0.164 e. The highest BCUT2D eigenvalue weighted by molar-refractivity contribution is 6.20. The van der Waals surface area contributed by atoms with E-state index in [0.29, 0.717) is 17.5 Å².